The van der Waals surface area contributed by atoms with Gasteiger partial charge in [-0.05, 0) is 39.0 Å². The maximum atomic E-state index is 8.95. The Morgan fingerprint density at radius 3 is 2.92 bits per heavy atom. The monoisotopic (exact) mass is 162 g/mol. The first kappa shape index (κ1) is 7.79. The average Bonchev–Trinajstić information content (AvgIpc) is 2.03. The van der Waals surface area contributed by atoms with Gasteiger partial charge in [-0.25, -0.2) is 0 Å². The van der Waals surface area contributed by atoms with Crippen LogP contribution in [0.2, 0.25) is 0 Å². The molecule has 0 radical (unpaired) electrons. The largest absolute Gasteiger partial charge is 0.286 e. The lowest BCUT2D eigenvalue weighted by Crippen LogP contribution is -2.45. The minimum absolute atomic E-state index is 0.0480. The SMILES string of the molecule is CC1=N[C@]2(C)CC[C@H]1C[C@H]2C#N. The summed E-state index contributed by atoms with van der Waals surface area (Å²) < 4.78 is 0. The van der Waals surface area contributed by atoms with E-state index >= 15 is 0 Å². The lowest BCUT2D eigenvalue weighted by atomic mass is 9.66. The van der Waals surface area contributed by atoms with E-state index in [1.807, 2.05) is 0 Å². The molecule has 1 saturated carbocycles. The molecule has 0 spiro atoms. The Kier molecular flexibility index (Phi) is 1.51. The number of fused-ring (bicyclic) bond motifs is 2. The molecule has 3 atom stereocenters. The van der Waals surface area contributed by atoms with E-state index in [9.17, 15) is 0 Å². The van der Waals surface area contributed by atoms with Crippen LogP contribution in [-0.2, 0) is 0 Å². The predicted molar refractivity (Wildman–Crippen MR) is 48.0 cm³/mol. The summed E-state index contributed by atoms with van der Waals surface area (Å²) in [7, 11) is 0. The summed E-state index contributed by atoms with van der Waals surface area (Å²) in [4.78, 5) is 4.63. The molecule has 0 N–H and O–H groups in total. The molecule has 0 unspecified atom stereocenters. The molecule has 2 heteroatoms. The van der Waals surface area contributed by atoms with Crippen molar-refractivity contribution < 1.29 is 0 Å². The molecule has 0 saturated heterocycles. The topological polar surface area (TPSA) is 36.1 Å². The summed E-state index contributed by atoms with van der Waals surface area (Å²) in [5, 5.41) is 8.95. The van der Waals surface area contributed by atoms with Crippen molar-refractivity contribution in [1.82, 2.24) is 0 Å². The van der Waals surface area contributed by atoms with Gasteiger partial charge >= 0.3 is 0 Å². The van der Waals surface area contributed by atoms with Crippen LogP contribution in [-0.4, -0.2) is 11.3 Å². The summed E-state index contributed by atoms with van der Waals surface area (Å²) in [5.41, 5.74) is 1.23. The normalized spacial score (nSPS) is 45.2. The second-order valence-corrected chi connectivity index (χ2v) is 4.26. The lowest BCUT2D eigenvalue weighted by molar-refractivity contribution is 0.209. The fourth-order valence-corrected chi connectivity index (χ4v) is 2.50. The Labute approximate surface area is 73.3 Å². The van der Waals surface area contributed by atoms with E-state index in [1.54, 1.807) is 0 Å². The van der Waals surface area contributed by atoms with Crippen LogP contribution in [0.15, 0.2) is 4.99 Å². The highest BCUT2D eigenvalue weighted by atomic mass is 14.9. The van der Waals surface area contributed by atoms with Crippen LogP contribution in [0, 0.1) is 23.2 Å². The van der Waals surface area contributed by atoms with Crippen LogP contribution in [0.1, 0.15) is 33.1 Å². The van der Waals surface area contributed by atoms with E-state index in [0.29, 0.717) is 5.92 Å². The summed E-state index contributed by atoms with van der Waals surface area (Å²) in [5.74, 6) is 0.774. The maximum absolute atomic E-state index is 8.95. The molecule has 2 heterocycles. The molecule has 0 amide bonds. The molecule has 1 aliphatic carbocycles. The summed E-state index contributed by atoms with van der Waals surface area (Å²) in [6.07, 6.45) is 3.39. The van der Waals surface area contributed by atoms with Crippen molar-refractivity contribution in [2.45, 2.75) is 38.6 Å². The van der Waals surface area contributed by atoms with Crippen LogP contribution in [0.5, 0.6) is 0 Å². The van der Waals surface area contributed by atoms with E-state index in [-0.39, 0.29) is 11.5 Å². The van der Waals surface area contributed by atoms with Gasteiger partial charge in [0.25, 0.3) is 0 Å². The molecule has 3 aliphatic rings. The predicted octanol–water partition coefficient (Wildman–Crippen LogP) is 2.16. The standard InChI is InChI=1S/C10H14N2/c1-7-8-3-4-10(2,12-7)9(5-8)6-11/h8-9H,3-5H2,1-2H3/t8-,9-,10+/m0/s1. The van der Waals surface area contributed by atoms with Crippen molar-refractivity contribution in [1.29, 1.82) is 5.26 Å². The zero-order valence-corrected chi connectivity index (χ0v) is 7.67. The van der Waals surface area contributed by atoms with Crippen LogP contribution in [0.3, 0.4) is 0 Å². The zero-order chi connectivity index (χ0) is 8.77. The molecule has 2 aliphatic heterocycles. The van der Waals surface area contributed by atoms with Gasteiger partial charge in [0.15, 0.2) is 0 Å². The first-order valence-corrected chi connectivity index (χ1v) is 4.62. The van der Waals surface area contributed by atoms with Crippen molar-refractivity contribution in [3.05, 3.63) is 0 Å². The van der Waals surface area contributed by atoms with Gasteiger partial charge in [-0.1, -0.05) is 0 Å². The van der Waals surface area contributed by atoms with Gasteiger partial charge in [-0.2, -0.15) is 5.26 Å². The smallest absolute Gasteiger partial charge is 0.0737 e. The third kappa shape index (κ3) is 0.891. The number of nitriles is 1. The Hall–Kier alpha value is -0.840. The highest BCUT2D eigenvalue weighted by Gasteiger charge is 2.44. The second-order valence-electron chi connectivity index (χ2n) is 4.26. The van der Waals surface area contributed by atoms with Gasteiger partial charge in [0.2, 0.25) is 0 Å². The van der Waals surface area contributed by atoms with E-state index in [0.717, 1.165) is 12.8 Å². The lowest BCUT2D eigenvalue weighted by Gasteiger charge is -2.44. The minimum Gasteiger partial charge on any atom is -0.286 e. The fourth-order valence-electron chi connectivity index (χ4n) is 2.50. The van der Waals surface area contributed by atoms with E-state index in [1.165, 1.54) is 12.1 Å². The van der Waals surface area contributed by atoms with Gasteiger partial charge in [0.1, 0.15) is 0 Å². The van der Waals surface area contributed by atoms with Crippen LogP contribution < -0.4 is 0 Å². The number of aliphatic imine (C=N–C) groups is 1. The molecule has 64 valence electrons. The molecule has 12 heavy (non-hydrogen) atoms. The van der Waals surface area contributed by atoms with E-state index in [4.69, 9.17) is 5.26 Å². The van der Waals surface area contributed by atoms with Crippen LogP contribution in [0.25, 0.3) is 0 Å². The van der Waals surface area contributed by atoms with Gasteiger partial charge in [-0.3, -0.25) is 4.99 Å². The van der Waals surface area contributed by atoms with E-state index < -0.39 is 0 Å². The van der Waals surface area contributed by atoms with Crippen molar-refractivity contribution in [2.75, 3.05) is 0 Å². The molecule has 0 aromatic heterocycles. The van der Waals surface area contributed by atoms with Crippen molar-refractivity contribution >= 4 is 5.71 Å². The third-order valence-electron chi connectivity index (χ3n) is 3.45. The Morgan fingerprint density at radius 1 is 1.67 bits per heavy atom. The highest BCUT2D eigenvalue weighted by molar-refractivity contribution is 5.86. The summed E-state index contributed by atoms with van der Waals surface area (Å²) in [6, 6.07) is 2.39. The molecule has 2 bridgehead atoms. The quantitative estimate of drug-likeness (QED) is 0.537. The first-order valence-electron chi connectivity index (χ1n) is 4.62. The Balaban J connectivity index is 2.38. The summed E-state index contributed by atoms with van der Waals surface area (Å²) >= 11 is 0. The average molecular weight is 162 g/mol. The minimum atomic E-state index is -0.0480. The zero-order valence-electron chi connectivity index (χ0n) is 7.67. The molecule has 0 aromatic rings. The van der Waals surface area contributed by atoms with Gasteiger partial charge in [0, 0.05) is 5.71 Å². The highest BCUT2D eigenvalue weighted by Crippen LogP contribution is 2.44. The molecule has 2 nitrogen and oxygen atoms in total. The molecule has 0 aromatic carbocycles. The van der Waals surface area contributed by atoms with Gasteiger partial charge < -0.3 is 0 Å². The van der Waals surface area contributed by atoms with Crippen LogP contribution in [0.4, 0.5) is 0 Å². The summed E-state index contributed by atoms with van der Waals surface area (Å²) in [6.45, 7) is 4.23. The molecular weight excluding hydrogens is 148 g/mol. The Bertz CT molecular complexity index is 274. The fraction of sp³-hybridized carbons (Fsp3) is 0.800. The molecule has 3 rings (SSSR count). The number of rotatable bonds is 0. The van der Waals surface area contributed by atoms with Crippen molar-refractivity contribution in [3.63, 3.8) is 0 Å². The Morgan fingerprint density at radius 2 is 2.42 bits per heavy atom. The third-order valence-corrected chi connectivity index (χ3v) is 3.45. The second kappa shape index (κ2) is 2.32. The van der Waals surface area contributed by atoms with Crippen LogP contribution >= 0.6 is 0 Å². The van der Waals surface area contributed by atoms with Crippen molar-refractivity contribution in [3.8, 4) is 6.07 Å². The van der Waals surface area contributed by atoms with Crippen molar-refractivity contribution in [2.24, 2.45) is 16.8 Å². The van der Waals surface area contributed by atoms with E-state index in [2.05, 4.69) is 24.9 Å². The maximum Gasteiger partial charge on any atom is 0.0737 e. The molecular formula is C10H14N2. The first-order chi connectivity index (χ1) is 5.65. The molecule has 1 fully saturated rings. The number of hydrogen-bond donors (Lipinski definition) is 0. The van der Waals surface area contributed by atoms with Gasteiger partial charge in [-0.15, -0.1) is 0 Å². The number of hydrogen-bond acceptors (Lipinski definition) is 2. The number of nitrogens with zero attached hydrogens (tertiary/aromatic N) is 2. The van der Waals surface area contributed by atoms with Gasteiger partial charge in [0.05, 0.1) is 17.5 Å².